The Balaban J connectivity index is 1.58. The predicted molar refractivity (Wildman–Crippen MR) is 134 cm³/mol. The summed E-state index contributed by atoms with van der Waals surface area (Å²) in [5, 5.41) is 2.79. The quantitative estimate of drug-likeness (QED) is 0.381. The number of thioether (sulfide) groups is 1. The zero-order valence-electron chi connectivity index (χ0n) is 17.6. The Labute approximate surface area is 200 Å². The van der Waals surface area contributed by atoms with E-state index in [1.165, 1.54) is 31.0 Å². The number of anilines is 2. The summed E-state index contributed by atoms with van der Waals surface area (Å²) in [6.45, 7) is 1.87. The summed E-state index contributed by atoms with van der Waals surface area (Å²) >= 11 is 4.94. The first kappa shape index (κ1) is 24.2. The van der Waals surface area contributed by atoms with Crippen molar-refractivity contribution >= 4 is 55.0 Å². The lowest BCUT2D eigenvalue weighted by Gasteiger charge is -2.13. The van der Waals surface area contributed by atoms with Gasteiger partial charge in [-0.15, -0.1) is 11.8 Å². The molecule has 0 aliphatic heterocycles. The Morgan fingerprint density at radius 1 is 1.06 bits per heavy atom. The first-order valence-corrected chi connectivity index (χ1v) is 13.1. The topological polar surface area (TPSA) is 84.5 Å². The zero-order valence-corrected chi connectivity index (χ0v) is 20.8. The molecule has 0 aromatic heterocycles. The van der Waals surface area contributed by atoms with Crippen molar-refractivity contribution in [2.24, 2.45) is 0 Å². The largest absolute Gasteiger partial charge is 0.495 e. The molecular weight excluding hydrogens is 512 g/mol. The van der Waals surface area contributed by atoms with Crippen molar-refractivity contribution in [3.05, 3.63) is 82.3 Å². The van der Waals surface area contributed by atoms with Crippen molar-refractivity contribution in [1.82, 2.24) is 0 Å². The zero-order chi connectivity index (χ0) is 23.1. The number of aryl methyl sites for hydroxylation is 1. The number of sulfonamides is 1. The first-order valence-electron chi connectivity index (χ1n) is 9.66. The van der Waals surface area contributed by atoms with Crippen LogP contribution in [0.1, 0.15) is 11.1 Å². The Morgan fingerprint density at radius 3 is 2.50 bits per heavy atom. The monoisotopic (exact) mass is 534 g/mol. The van der Waals surface area contributed by atoms with E-state index in [9.17, 15) is 13.2 Å². The lowest BCUT2D eigenvalue weighted by atomic mass is 10.2. The summed E-state index contributed by atoms with van der Waals surface area (Å²) in [6, 6.07) is 19.2. The number of amides is 1. The number of carbonyl (C=O) groups excluding carboxylic acids is 1. The minimum atomic E-state index is -3.81. The number of nitrogens with one attached hydrogen (secondary N) is 2. The third-order valence-corrected chi connectivity index (χ3v) is 7.32. The van der Waals surface area contributed by atoms with Gasteiger partial charge in [0, 0.05) is 15.9 Å². The molecule has 9 heteroatoms. The van der Waals surface area contributed by atoms with E-state index in [0.717, 1.165) is 21.4 Å². The van der Waals surface area contributed by atoms with Gasteiger partial charge in [0.2, 0.25) is 5.91 Å². The Morgan fingerprint density at radius 2 is 1.81 bits per heavy atom. The molecule has 0 spiro atoms. The Kier molecular flexibility index (Phi) is 8.22. The Bertz CT molecular complexity index is 1200. The van der Waals surface area contributed by atoms with E-state index in [4.69, 9.17) is 4.74 Å². The lowest BCUT2D eigenvalue weighted by molar-refractivity contribution is -0.113. The van der Waals surface area contributed by atoms with Crippen molar-refractivity contribution in [2.45, 2.75) is 17.6 Å². The summed E-state index contributed by atoms with van der Waals surface area (Å²) in [7, 11) is -2.32. The van der Waals surface area contributed by atoms with Gasteiger partial charge in [-0.1, -0.05) is 34.1 Å². The van der Waals surface area contributed by atoms with Gasteiger partial charge in [0.15, 0.2) is 0 Å². The fourth-order valence-electron chi connectivity index (χ4n) is 2.91. The minimum Gasteiger partial charge on any atom is -0.495 e. The van der Waals surface area contributed by atoms with Crippen LogP contribution in [0.3, 0.4) is 0 Å². The molecule has 0 aliphatic rings. The van der Waals surface area contributed by atoms with Crippen LogP contribution in [0.15, 0.2) is 76.1 Å². The van der Waals surface area contributed by atoms with E-state index in [0.29, 0.717) is 22.9 Å². The molecule has 0 heterocycles. The van der Waals surface area contributed by atoms with Crippen molar-refractivity contribution < 1.29 is 17.9 Å². The third-order valence-electron chi connectivity index (χ3n) is 4.44. The number of halogens is 1. The maximum absolute atomic E-state index is 12.8. The second-order valence-corrected chi connectivity index (χ2v) is 10.6. The van der Waals surface area contributed by atoms with Crippen LogP contribution >= 0.6 is 27.7 Å². The number of hydrogen-bond acceptors (Lipinski definition) is 5. The van der Waals surface area contributed by atoms with Crippen molar-refractivity contribution in [3.63, 3.8) is 0 Å². The molecule has 168 valence electrons. The standard InChI is InChI=1S/C23H23BrN2O4S2/c1-16-6-11-22(30-2)21(12-16)26-32(28,29)20-9-7-19(8-10-20)25-23(27)15-31-14-17-4-3-5-18(24)13-17/h3-13,26H,14-15H2,1-2H3,(H,25,27). The number of ether oxygens (including phenoxy) is 1. The minimum absolute atomic E-state index is 0.0862. The second kappa shape index (κ2) is 10.9. The van der Waals surface area contributed by atoms with Crippen LogP contribution in [0.5, 0.6) is 5.75 Å². The average molecular weight is 535 g/mol. The van der Waals surface area contributed by atoms with Crippen molar-refractivity contribution in [2.75, 3.05) is 22.9 Å². The second-order valence-electron chi connectivity index (χ2n) is 7.00. The van der Waals surface area contributed by atoms with E-state index in [1.807, 2.05) is 37.3 Å². The molecule has 0 fully saturated rings. The smallest absolute Gasteiger partial charge is 0.262 e. The van der Waals surface area contributed by atoms with Crippen LogP contribution in [0.2, 0.25) is 0 Å². The van der Waals surface area contributed by atoms with Gasteiger partial charge in [-0.25, -0.2) is 8.42 Å². The van der Waals surface area contributed by atoms with Gasteiger partial charge >= 0.3 is 0 Å². The molecule has 0 bridgehead atoms. The predicted octanol–water partition coefficient (Wildman–Crippen LogP) is 5.44. The normalized spacial score (nSPS) is 11.1. The summed E-state index contributed by atoms with van der Waals surface area (Å²) in [5.41, 5.74) is 2.93. The molecular formula is C23H23BrN2O4S2. The summed E-state index contributed by atoms with van der Waals surface area (Å²) in [5.74, 6) is 1.30. The van der Waals surface area contributed by atoms with E-state index in [-0.39, 0.29) is 10.8 Å². The van der Waals surface area contributed by atoms with E-state index >= 15 is 0 Å². The lowest BCUT2D eigenvalue weighted by Crippen LogP contribution is -2.15. The molecule has 0 aliphatic carbocycles. The highest BCUT2D eigenvalue weighted by Gasteiger charge is 2.17. The molecule has 0 saturated carbocycles. The van der Waals surface area contributed by atoms with E-state index < -0.39 is 10.0 Å². The fourth-order valence-corrected chi connectivity index (χ4v) is 5.19. The van der Waals surface area contributed by atoms with Crippen LogP contribution in [0.25, 0.3) is 0 Å². The molecule has 3 aromatic carbocycles. The molecule has 0 radical (unpaired) electrons. The number of benzene rings is 3. The van der Waals surface area contributed by atoms with Crippen LogP contribution in [0, 0.1) is 6.92 Å². The number of hydrogen-bond donors (Lipinski definition) is 2. The number of rotatable bonds is 9. The first-order chi connectivity index (χ1) is 15.3. The molecule has 0 saturated heterocycles. The van der Waals surface area contributed by atoms with Crippen molar-refractivity contribution in [1.29, 1.82) is 0 Å². The third kappa shape index (κ3) is 6.75. The highest BCUT2D eigenvalue weighted by molar-refractivity contribution is 9.10. The van der Waals surface area contributed by atoms with Crippen molar-refractivity contribution in [3.8, 4) is 5.75 Å². The fraction of sp³-hybridized carbons (Fsp3) is 0.174. The van der Waals surface area contributed by atoms with E-state index in [1.54, 1.807) is 24.3 Å². The highest BCUT2D eigenvalue weighted by Crippen LogP contribution is 2.28. The van der Waals surface area contributed by atoms with Gasteiger partial charge in [-0.05, 0) is 66.6 Å². The van der Waals surface area contributed by atoms with Gasteiger partial charge < -0.3 is 10.1 Å². The number of carbonyl (C=O) groups is 1. The van der Waals surface area contributed by atoms with Crippen LogP contribution in [0.4, 0.5) is 11.4 Å². The molecule has 0 unspecified atom stereocenters. The summed E-state index contributed by atoms with van der Waals surface area (Å²) in [4.78, 5) is 12.3. The van der Waals surface area contributed by atoms with Gasteiger partial charge in [0.1, 0.15) is 5.75 Å². The van der Waals surface area contributed by atoms with Crippen LogP contribution in [-0.2, 0) is 20.6 Å². The van der Waals surface area contributed by atoms with Gasteiger partial charge in [-0.2, -0.15) is 0 Å². The molecule has 0 atom stereocenters. The van der Waals surface area contributed by atoms with Crippen LogP contribution < -0.4 is 14.8 Å². The summed E-state index contributed by atoms with van der Waals surface area (Å²) < 4.78 is 34.3. The van der Waals surface area contributed by atoms with Gasteiger partial charge in [-0.3, -0.25) is 9.52 Å². The molecule has 6 nitrogen and oxygen atoms in total. The number of methoxy groups -OCH3 is 1. The molecule has 3 rings (SSSR count). The average Bonchev–Trinajstić information content (AvgIpc) is 2.74. The maximum Gasteiger partial charge on any atom is 0.262 e. The van der Waals surface area contributed by atoms with Gasteiger partial charge in [0.05, 0.1) is 23.4 Å². The SMILES string of the molecule is COc1ccc(C)cc1NS(=O)(=O)c1ccc(NC(=O)CSCc2cccc(Br)c2)cc1. The molecule has 3 aromatic rings. The highest BCUT2D eigenvalue weighted by atomic mass is 79.9. The molecule has 2 N–H and O–H groups in total. The van der Waals surface area contributed by atoms with Crippen LogP contribution in [-0.4, -0.2) is 27.2 Å². The molecule has 32 heavy (non-hydrogen) atoms. The Hall–Kier alpha value is -2.49. The summed E-state index contributed by atoms with van der Waals surface area (Å²) in [6.07, 6.45) is 0. The van der Waals surface area contributed by atoms with Gasteiger partial charge in [0.25, 0.3) is 10.0 Å². The molecule has 1 amide bonds. The maximum atomic E-state index is 12.8. The van der Waals surface area contributed by atoms with E-state index in [2.05, 4.69) is 26.0 Å².